The van der Waals surface area contributed by atoms with Crippen LogP contribution < -0.4 is 5.32 Å². The van der Waals surface area contributed by atoms with E-state index < -0.39 is 9.84 Å². The topological polar surface area (TPSA) is 59.1 Å². The van der Waals surface area contributed by atoms with E-state index in [0.29, 0.717) is 4.90 Å². The molecule has 6 heteroatoms. The lowest BCUT2D eigenvalue weighted by atomic mass is 10.1. The first-order valence-electron chi connectivity index (χ1n) is 6.52. The largest absolute Gasteiger partial charge is 0.308 e. The van der Waals surface area contributed by atoms with E-state index in [0.717, 1.165) is 17.1 Å². The van der Waals surface area contributed by atoms with Gasteiger partial charge in [0.15, 0.2) is 9.84 Å². The van der Waals surface area contributed by atoms with Gasteiger partial charge in [-0.2, -0.15) is 0 Å². The normalized spacial score (nSPS) is 21.6. The number of sulfone groups is 1. The van der Waals surface area contributed by atoms with Crippen LogP contribution in [-0.4, -0.2) is 25.7 Å². The van der Waals surface area contributed by atoms with Crippen molar-refractivity contribution in [1.82, 2.24) is 10.3 Å². The van der Waals surface area contributed by atoms with Gasteiger partial charge in [0.05, 0.1) is 15.7 Å². The number of benzene rings is 1. The quantitative estimate of drug-likeness (QED) is 0.942. The Hall–Kier alpha value is -1.24. The van der Waals surface area contributed by atoms with Gasteiger partial charge in [-0.3, -0.25) is 0 Å². The molecule has 1 aliphatic heterocycles. The van der Waals surface area contributed by atoms with Gasteiger partial charge >= 0.3 is 0 Å². The number of hydrogen-bond donors (Lipinski definition) is 1. The third kappa shape index (κ3) is 2.51. The average Bonchev–Trinajstić information content (AvgIpc) is 3.04. The Bertz CT molecular complexity index is 696. The van der Waals surface area contributed by atoms with Gasteiger partial charge in [0, 0.05) is 30.1 Å². The summed E-state index contributed by atoms with van der Waals surface area (Å²) in [7, 11) is -3.13. The number of rotatable bonds is 4. The molecule has 106 valence electrons. The van der Waals surface area contributed by atoms with Gasteiger partial charge in [-0.1, -0.05) is 25.1 Å². The maximum atomic E-state index is 12.1. The monoisotopic (exact) mass is 308 g/mol. The molecule has 2 atom stereocenters. The minimum Gasteiger partial charge on any atom is -0.308 e. The van der Waals surface area contributed by atoms with Gasteiger partial charge in [-0.15, -0.1) is 11.3 Å². The summed E-state index contributed by atoms with van der Waals surface area (Å²) in [5.41, 5.74) is 0.888. The van der Waals surface area contributed by atoms with E-state index in [-0.39, 0.29) is 17.7 Å². The molecule has 4 nitrogen and oxygen atoms in total. The third-order valence-corrected chi connectivity index (χ3v) is 6.38. The highest BCUT2D eigenvalue weighted by atomic mass is 32.2. The summed E-state index contributed by atoms with van der Waals surface area (Å²) in [4.78, 5) is 4.77. The molecular weight excluding hydrogens is 292 g/mol. The Labute approximate surface area is 122 Å². The van der Waals surface area contributed by atoms with E-state index in [1.165, 1.54) is 0 Å². The molecule has 0 spiro atoms. The van der Waals surface area contributed by atoms with Crippen LogP contribution in [-0.2, 0) is 9.84 Å². The predicted octanol–water partition coefficient (Wildman–Crippen LogP) is 2.36. The molecule has 2 unspecified atom stereocenters. The molecule has 1 N–H and O–H groups in total. The molecule has 1 aromatic heterocycles. The summed E-state index contributed by atoms with van der Waals surface area (Å²) in [6.07, 6.45) is 1.80. The lowest BCUT2D eigenvalue weighted by Gasteiger charge is -2.15. The molecule has 1 aliphatic rings. The van der Waals surface area contributed by atoms with Crippen LogP contribution in [0.25, 0.3) is 0 Å². The molecule has 2 heterocycles. The molecule has 0 amide bonds. The Kier molecular flexibility index (Phi) is 3.62. The summed E-state index contributed by atoms with van der Waals surface area (Å²) in [6.45, 7) is 2.82. The van der Waals surface area contributed by atoms with Crippen LogP contribution in [0.3, 0.4) is 0 Å². The van der Waals surface area contributed by atoms with E-state index in [4.69, 9.17) is 0 Å². The van der Waals surface area contributed by atoms with Crippen LogP contribution in [0.2, 0.25) is 0 Å². The van der Waals surface area contributed by atoms with E-state index in [1.807, 2.05) is 17.5 Å². The zero-order valence-electron chi connectivity index (χ0n) is 11.1. The first-order chi connectivity index (χ1) is 9.58. The molecule has 0 saturated heterocycles. The lowest BCUT2D eigenvalue weighted by molar-refractivity contribution is 0.536. The number of fused-ring (bicyclic) bond motifs is 1. The molecule has 0 bridgehead atoms. The highest BCUT2D eigenvalue weighted by Crippen LogP contribution is 2.33. The van der Waals surface area contributed by atoms with Crippen LogP contribution in [0.1, 0.15) is 29.5 Å². The Morgan fingerprint density at radius 3 is 3.00 bits per heavy atom. The Balaban J connectivity index is 1.74. The maximum Gasteiger partial charge on any atom is 0.180 e. The zero-order valence-corrected chi connectivity index (χ0v) is 12.7. The van der Waals surface area contributed by atoms with E-state index >= 15 is 0 Å². The molecular formula is C14H16N2O2S2. The van der Waals surface area contributed by atoms with Crippen molar-refractivity contribution in [3.63, 3.8) is 0 Å². The molecule has 0 fully saturated rings. The first-order valence-corrected chi connectivity index (χ1v) is 9.05. The molecule has 2 aromatic rings. The molecule has 0 radical (unpaired) electrons. The zero-order chi connectivity index (χ0) is 14.2. The second kappa shape index (κ2) is 5.27. The van der Waals surface area contributed by atoms with Crippen LogP contribution in [0.5, 0.6) is 0 Å². The summed E-state index contributed by atoms with van der Waals surface area (Å²) in [5, 5.41) is 6.40. The SMILES string of the molecule is CC(CNC1CS(=O)(=O)c2ccccc21)c1nccs1. The second-order valence-corrected chi connectivity index (χ2v) is 7.98. The van der Waals surface area contributed by atoms with Gasteiger partial charge in [-0.05, 0) is 11.6 Å². The van der Waals surface area contributed by atoms with Gasteiger partial charge in [0.25, 0.3) is 0 Å². The van der Waals surface area contributed by atoms with Crippen molar-refractivity contribution < 1.29 is 8.42 Å². The van der Waals surface area contributed by atoms with Crippen LogP contribution in [0.15, 0.2) is 40.7 Å². The smallest absolute Gasteiger partial charge is 0.180 e. The van der Waals surface area contributed by atoms with Crippen molar-refractivity contribution in [3.8, 4) is 0 Å². The van der Waals surface area contributed by atoms with E-state index in [2.05, 4.69) is 17.2 Å². The number of nitrogens with zero attached hydrogens (tertiary/aromatic N) is 1. The number of aromatic nitrogens is 1. The van der Waals surface area contributed by atoms with Gasteiger partial charge in [0.2, 0.25) is 0 Å². The molecule has 3 rings (SSSR count). The van der Waals surface area contributed by atoms with Crippen LogP contribution >= 0.6 is 11.3 Å². The Morgan fingerprint density at radius 2 is 2.25 bits per heavy atom. The predicted molar refractivity (Wildman–Crippen MR) is 79.8 cm³/mol. The second-order valence-electron chi connectivity index (χ2n) is 5.05. The summed E-state index contributed by atoms with van der Waals surface area (Å²) in [6, 6.07) is 7.14. The van der Waals surface area contributed by atoms with E-state index in [9.17, 15) is 8.42 Å². The number of thiazole rings is 1. The molecule has 20 heavy (non-hydrogen) atoms. The third-order valence-electron chi connectivity index (χ3n) is 3.56. The van der Waals surface area contributed by atoms with Crippen molar-refractivity contribution in [1.29, 1.82) is 0 Å². The fourth-order valence-corrected chi connectivity index (χ4v) is 4.97. The highest BCUT2D eigenvalue weighted by molar-refractivity contribution is 7.91. The van der Waals surface area contributed by atoms with Crippen molar-refractivity contribution in [2.24, 2.45) is 0 Å². The van der Waals surface area contributed by atoms with Crippen molar-refractivity contribution in [2.45, 2.75) is 23.8 Å². The molecule has 0 aliphatic carbocycles. The summed E-state index contributed by atoms with van der Waals surface area (Å²) < 4.78 is 24.2. The average molecular weight is 308 g/mol. The molecule has 0 saturated carbocycles. The fourth-order valence-electron chi connectivity index (χ4n) is 2.50. The fraction of sp³-hybridized carbons (Fsp3) is 0.357. The highest BCUT2D eigenvalue weighted by Gasteiger charge is 2.34. The van der Waals surface area contributed by atoms with Gasteiger partial charge < -0.3 is 5.32 Å². The van der Waals surface area contributed by atoms with Crippen molar-refractivity contribution in [2.75, 3.05) is 12.3 Å². The maximum absolute atomic E-state index is 12.1. The standard InChI is InChI=1S/C14H16N2O2S2/c1-10(14-15-6-7-19-14)8-16-12-9-20(17,18)13-5-3-2-4-11(12)13/h2-7,10,12,16H,8-9H2,1H3. The summed E-state index contributed by atoms with van der Waals surface area (Å²) >= 11 is 1.63. The number of nitrogens with one attached hydrogen (secondary N) is 1. The number of hydrogen-bond acceptors (Lipinski definition) is 5. The first kappa shape index (κ1) is 13.7. The Morgan fingerprint density at radius 1 is 1.45 bits per heavy atom. The van der Waals surface area contributed by atoms with Gasteiger partial charge in [-0.25, -0.2) is 13.4 Å². The van der Waals surface area contributed by atoms with Crippen molar-refractivity contribution >= 4 is 21.2 Å². The minimum absolute atomic E-state index is 0.112. The van der Waals surface area contributed by atoms with Crippen LogP contribution in [0, 0.1) is 0 Å². The minimum atomic E-state index is -3.13. The summed E-state index contributed by atoms with van der Waals surface area (Å²) in [5.74, 6) is 0.433. The van der Waals surface area contributed by atoms with Gasteiger partial charge in [0.1, 0.15) is 0 Å². The van der Waals surface area contributed by atoms with Crippen molar-refractivity contribution in [3.05, 3.63) is 46.4 Å². The molecule has 1 aromatic carbocycles. The lowest BCUT2D eigenvalue weighted by Crippen LogP contribution is -2.26. The van der Waals surface area contributed by atoms with Crippen LogP contribution in [0.4, 0.5) is 0 Å². The van der Waals surface area contributed by atoms with E-state index in [1.54, 1.807) is 29.7 Å².